The van der Waals surface area contributed by atoms with E-state index < -0.39 is 0 Å². The highest BCUT2D eigenvalue weighted by atomic mass is 16.5. The van der Waals surface area contributed by atoms with Gasteiger partial charge in [0.05, 0.1) is 19.1 Å². The second kappa shape index (κ2) is 11.9. The van der Waals surface area contributed by atoms with Crippen LogP contribution in [0.25, 0.3) is 0 Å². The van der Waals surface area contributed by atoms with Crippen molar-refractivity contribution in [3.63, 3.8) is 0 Å². The average Bonchev–Trinajstić information content (AvgIpc) is 3.04. The summed E-state index contributed by atoms with van der Waals surface area (Å²) in [7, 11) is 3.89. The average molecular weight is 409 g/mol. The molecule has 0 heterocycles. The van der Waals surface area contributed by atoms with Crippen LogP contribution in [0.4, 0.5) is 5.69 Å². The highest BCUT2D eigenvalue weighted by molar-refractivity contribution is 5.94. The Bertz CT molecular complexity index is 750. The first-order chi connectivity index (χ1) is 14.7. The summed E-state index contributed by atoms with van der Waals surface area (Å²) in [6.07, 6.45) is 7.28. The first-order valence-electron chi connectivity index (χ1n) is 11.3. The zero-order valence-electron chi connectivity index (χ0n) is 18.5. The Morgan fingerprint density at radius 3 is 2.23 bits per heavy atom. The van der Waals surface area contributed by atoms with Crippen LogP contribution >= 0.6 is 0 Å². The maximum Gasteiger partial charge on any atom is 0.229 e. The molecule has 0 N–H and O–H groups in total. The molecule has 0 spiro atoms. The van der Waals surface area contributed by atoms with E-state index in [2.05, 4.69) is 59.3 Å². The molecule has 0 bridgehead atoms. The molecule has 2 unspecified atom stereocenters. The molecule has 30 heavy (non-hydrogen) atoms. The fourth-order valence-electron chi connectivity index (χ4n) is 4.62. The number of nitrogens with zero attached hydrogens (tertiary/aromatic N) is 2. The topological polar surface area (TPSA) is 32.8 Å². The minimum absolute atomic E-state index is 0.163. The number of carbonyl (C=O) groups is 1. The standard InChI is InChI=1S/C26H36N2O2/c1-27(20-18-22-12-6-3-7-13-22)24-16-10-5-11-17-25(24)28(26(29)19-21-30-2)23-14-8-4-9-15-23/h3-4,6-9,12-15,24-25H,5,10-11,16-21H2,1-2H3. The van der Waals surface area contributed by atoms with Gasteiger partial charge in [0.1, 0.15) is 0 Å². The van der Waals surface area contributed by atoms with Gasteiger partial charge in [-0.25, -0.2) is 0 Å². The van der Waals surface area contributed by atoms with Crippen molar-refractivity contribution >= 4 is 11.6 Å². The Labute approximate surface area is 181 Å². The normalized spacial score (nSPS) is 19.4. The number of amides is 1. The molecule has 2 aromatic carbocycles. The Morgan fingerprint density at radius 1 is 0.933 bits per heavy atom. The van der Waals surface area contributed by atoms with E-state index in [0.717, 1.165) is 31.5 Å². The van der Waals surface area contributed by atoms with Crippen molar-refractivity contribution in [1.29, 1.82) is 0 Å². The van der Waals surface area contributed by atoms with Gasteiger partial charge in [0.15, 0.2) is 0 Å². The van der Waals surface area contributed by atoms with Gasteiger partial charge in [-0.3, -0.25) is 4.79 Å². The monoisotopic (exact) mass is 408 g/mol. The third-order valence-corrected chi connectivity index (χ3v) is 6.26. The Hall–Kier alpha value is -2.17. The number of benzene rings is 2. The molecule has 0 saturated heterocycles. The summed E-state index contributed by atoms with van der Waals surface area (Å²) in [5, 5.41) is 0. The number of likely N-dealkylation sites (N-methyl/N-ethyl adjacent to an activating group) is 1. The molecule has 0 aromatic heterocycles. The van der Waals surface area contributed by atoms with Gasteiger partial charge in [-0.15, -0.1) is 0 Å². The van der Waals surface area contributed by atoms with Gasteiger partial charge in [-0.1, -0.05) is 67.8 Å². The van der Waals surface area contributed by atoms with Gasteiger partial charge in [-0.2, -0.15) is 0 Å². The molecule has 1 saturated carbocycles. The van der Waals surface area contributed by atoms with Crippen LogP contribution in [-0.2, 0) is 16.0 Å². The lowest BCUT2D eigenvalue weighted by atomic mass is 9.97. The van der Waals surface area contributed by atoms with Crippen molar-refractivity contribution in [2.45, 2.75) is 57.0 Å². The minimum atomic E-state index is 0.163. The highest BCUT2D eigenvalue weighted by Crippen LogP contribution is 2.30. The number of carbonyl (C=O) groups excluding carboxylic acids is 1. The fraction of sp³-hybridized carbons (Fsp3) is 0.500. The summed E-state index contributed by atoms with van der Waals surface area (Å²) < 4.78 is 5.21. The number of hydrogen-bond acceptors (Lipinski definition) is 3. The third-order valence-electron chi connectivity index (χ3n) is 6.26. The lowest BCUT2D eigenvalue weighted by Crippen LogP contribution is -2.53. The third kappa shape index (κ3) is 6.16. The summed E-state index contributed by atoms with van der Waals surface area (Å²) in [4.78, 5) is 17.9. The Kier molecular flexibility index (Phi) is 8.91. The molecule has 3 rings (SSSR count). The molecule has 1 aliphatic carbocycles. The molecule has 2 atom stereocenters. The van der Waals surface area contributed by atoms with Crippen molar-refractivity contribution < 1.29 is 9.53 Å². The predicted octanol–water partition coefficient (Wildman–Crippen LogP) is 4.93. The molecule has 0 radical (unpaired) electrons. The summed E-state index contributed by atoms with van der Waals surface area (Å²) in [5.74, 6) is 0.163. The van der Waals surface area contributed by atoms with Gasteiger partial charge in [-0.05, 0) is 44.0 Å². The fourth-order valence-corrected chi connectivity index (χ4v) is 4.62. The zero-order chi connectivity index (χ0) is 21.2. The predicted molar refractivity (Wildman–Crippen MR) is 124 cm³/mol. The van der Waals surface area contributed by atoms with E-state index in [-0.39, 0.29) is 11.9 Å². The molecule has 4 heteroatoms. The van der Waals surface area contributed by atoms with E-state index in [4.69, 9.17) is 4.74 Å². The van der Waals surface area contributed by atoms with Crippen LogP contribution in [0.15, 0.2) is 60.7 Å². The Morgan fingerprint density at radius 2 is 1.57 bits per heavy atom. The van der Waals surface area contributed by atoms with Crippen LogP contribution in [-0.4, -0.2) is 50.2 Å². The zero-order valence-corrected chi connectivity index (χ0v) is 18.5. The molecule has 162 valence electrons. The molecule has 1 aliphatic rings. The first-order valence-corrected chi connectivity index (χ1v) is 11.3. The van der Waals surface area contributed by atoms with Crippen LogP contribution in [0.2, 0.25) is 0 Å². The maximum absolute atomic E-state index is 13.3. The molecule has 0 aliphatic heterocycles. The highest BCUT2D eigenvalue weighted by Gasteiger charge is 2.34. The van der Waals surface area contributed by atoms with Crippen LogP contribution < -0.4 is 4.90 Å². The first kappa shape index (κ1) is 22.5. The Balaban J connectivity index is 1.81. The maximum atomic E-state index is 13.3. The van der Waals surface area contributed by atoms with Crippen molar-refractivity contribution in [2.24, 2.45) is 0 Å². The van der Waals surface area contributed by atoms with Crippen LogP contribution in [0.1, 0.15) is 44.1 Å². The molecule has 2 aromatic rings. The number of ether oxygens (including phenoxy) is 1. The van der Waals surface area contributed by atoms with E-state index in [9.17, 15) is 4.79 Å². The summed E-state index contributed by atoms with van der Waals surface area (Å²) in [5.41, 5.74) is 2.37. The van der Waals surface area contributed by atoms with E-state index >= 15 is 0 Å². The molecule has 1 fully saturated rings. The molecule has 1 amide bonds. The van der Waals surface area contributed by atoms with Crippen molar-refractivity contribution in [3.8, 4) is 0 Å². The molecule has 4 nitrogen and oxygen atoms in total. The summed E-state index contributed by atoms with van der Waals surface area (Å²) in [6.45, 7) is 1.46. The lowest BCUT2D eigenvalue weighted by molar-refractivity contribution is -0.120. The van der Waals surface area contributed by atoms with Crippen molar-refractivity contribution in [1.82, 2.24) is 4.90 Å². The number of methoxy groups -OCH3 is 1. The quantitative estimate of drug-likeness (QED) is 0.552. The minimum Gasteiger partial charge on any atom is -0.384 e. The summed E-state index contributed by atoms with van der Waals surface area (Å²) in [6, 6.07) is 21.4. The number of rotatable bonds is 9. The van der Waals surface area contributed by atoms with Crippen molar-refractivity contribution in [2.75, 3.05) is 32.2 Å². The smallest absolute Gasteiger partial charge is 0.229 e. The second-order valence-corrected chi connectivity index (χ2v) is 8.33. The van der Waals surface area contributed by atoms with Crippen LogP contribution in [0, 0.1) is 0 Å². The molecular formula is C26H36N2O2. The number of anilines is 1. The van der Waals surface area contributed by atoms with Gasteiger partial charge >= 0.3 is 0 Å². The number of para-hydroxylation sites is 1. The largest absolute Gasteiger partial charge is 0.384 e. The second-order valence-electron chi connectivity index (χ2n) is 8.33. The van der Waals surface area contributed by atoms with E-state index in [0.29, 0.717) is 19.1 Å². The SMILES string of the molecule is COCCC(=O)N(c1ccccc1)C1CCCCCC1N(C)CCc1ccccc1. The number of hydrogen-bond donors (Lipinski definition) is 0. The molecular weight excluding hydrogens is 372 g/mol. The van der Waals surface area contributed by atoms with E-state index in [1.54, 1.807) is 7.11 Å². The van der Waals surface area contributed by atoms with E-state index in [1.807, 2.05) is 18.2 Å². The van der Waals surface area contributed by atoms with Gasteiger partial charge in [0, 0.05) is 25.4 Å². The van der Waals surface area contributed by atoms with Crippen molar-refractivity contribution in [3.05, 3.63) is 66.2 Å². The lowest BCUT2D eigenvalue weighted by Gasteiger charge is -2.41. The summed E-state index contributed by atoms with van der Waals surface area (Å²) >= 11 is 0. The van der Waals surface area contributed by atoms with Gasteiger partial charge < -0.3 is 14.5 Å². The van der Waals surface area contributed by atoms with E-state index in [1.165, 1.54) is 24.8 Å². The van der Waals surface area contributed by atoms with Gasteiger partial charge in [0.2, 0.25) is 5.91 Å². The van der Waals surface area contributed by atoms with Crippen LogP contribution in [0.5, 0.6) is 0 Å². The van der Waals surface area contributed by atoms with Gasteiger partial charge in [0.25, 0.3) is 0 Å². The van der Waals surface area contributed by atoms with Crippen LogP contribution in [0.3, 0.4) is 0 Å².